The number of benzene rings is 1. The van der Waals surface area contributed by atoms with Gasteiger partial charge in [0.15, 0.2) is 0 Å². The summed E-state index contributed by atoms with van der Waals surface area (Å²) in [6, 6.07) is 11.7. The molecule has 1 aliphatic rings. The minimum atomic E-state index is 0.579. The number of nitrogens with zero attached hydrogens (tertiary/aromatic N) is 2. The predicted molar refractivity (Wildman–Crippen MR) is 85.1 cm³/mol. The summed E-state index contributed by atoms with van der Waals surface area (Å²) in [4.78, 5) is 6.98. The number of para-hydroxylation sites is 1. The Morgan fingerprint density at radius 3 is 2.65 bits per heavy atom. The first-order valence-corrected chi connectivity index (χ1v) is 7.58. The number of fused-ring (bicyclic) bond motifs is 1. The van der Waals surface area contributed by atoms with Crippen LogP contribution in [0.5, 0.6) is 0 Å². The molecule has 0 unspecified atom stereocenters. The van der Waals surface area contributed by atoms with E-state index in [0.29, 0.717) is 12.1 Å². The third-order valence-corrected chi connectivity index (χ3v) is 4.27. The maximum atomic E-state index is 4.42. The number of pyridine rings is 1. The zero-order valence-electron chi connectivity index (χ0n) is 12.3. The Hall–Kier alpha value is -1.61. The van der Waals surface area contributed by atoms with Crippen molar-refractivity contribution in [3.63, 3.8) is 0 Å². The average Bonchev–Trinajstić information content (AvgIpc) is 2.48. The molecule has 1 N–H and O–H groups in total. The third-order valence-electron chi connectivity index (χ3n) is 4.27. The van der Waals surface area contributed by atoms with E-state index in [2.05, 4.69) is 53.3 Å². The highest BCUT2D eigenvalue weighted by atomic mass is 15.2. The Balaban J connectivity index is 1.72. The van der Waals surface area contributed by atoms with E-state index in [1.54, 1.807) is 0 Å². The topological polar surface area (TPSA) is 28.2 Å². The fourth-order valence-electron chi connectivity index (χ4n) is 3.00. The number of likely N-dealkylation sites (tertiary alicyclic amines) is 1. The van der Waals surface area contributed by atoms with Gasteiger partial charge in [-0.15, -0.1) is 0 Å². The first-order valence-electron chi connectivity index (χ1n) is 7.58. The number of anilines is 1. The summed E-state index contributed by atoms with van der Waals surface area (Å²) in [5.74, 6) is 0. The van der Waals surface area contributed by atoms with E-state index in [1.807, 2.05) is 12.3 Å². The number of rotatable bonds is 3. The molecule has 3 heteroatoms. The van der Waals surface area contributed by atoms with Gasteiger partial charge < -0.3 is 10.2 Å². The minimum Gasteiger partial charge on any atom is -0.382 e. The Bertz CT molecular complexity index is 566. The summed E-state index contributed by atoms with van der Waals surface area (Å²) >= 11 is 0. The molecule has 20 heavy (non-hydrogen) atoms. The maximum Gasteiger partial charge on any atom is 0.0722 e. The van der Waals surface area contributed by atoms with Crippen LogP contribution in [0.25, 0.3) is 10.9 Å². The lowest BCUT2D eigenvalue weighted by molar-refractivity contribution is 0.177. The molecule has 1 fully saturated rings. The van der Waals surface area contributed by atoms with Gasteiger partial charge in [0.1, 0.15) is 0 Å². The average molecular weight is 269 g/mol. The lowest BCUT2D eigenvalue weighted by Crippen LogP contribution is -2.42. The molecule has 2 aromatic rings. The highest BCUT2D eigenvalue weighted by molar-refractivity contribution is 5.90. The smallest absolute Gasteiger partial charge is 0.0722 e. The number of hydrogen-bond acceptors (Lipinski definition) is 3. The van der Waals surface area contributed by atoms with E-state index in [-0.39, 0.29) is 0 Å². The van der Waals surface area contributed by atoms with Crippen LogP contribution in [-0.4, -0.2) is 35.1 Å². The monoisotopic (exact) mass is 269 g/mol. The SMILES string of the molecule is CC(C)N1CCC(Nc2ccnc3ccccc23)CC1. The van der Waals surface area contributed by atoms with Crippen molar-refractivity contribution in [3.8, 4) is 0 Å². The highest BCUT2D eigenvalue weighted by Crippen LogP contribution is 2.24. The van der Waals surface area contributed by atoms with Crippen LogP contribution in [0.4, 0.5) is 5.69 Å². The highest BCUT2D eigenvalue weighted by Gasteiger charge is 2.20. The molecule has 1 aromatic carbocycles. The normalized spacial score (nSPS) is 17.8. The predicted octanol–water partition coefficient (Wildman–Crippen LogP) is 3.52. The van der Waals surface area contributed by atoms with Gasteiger partial charge in [0.2, 0.25) is 0 Å². The van der Waals surface area contributed by atoms with Gasteiger partial charge in [-0.05, 0) is 38.8 Å². The summed E-state index contributed by atoms with van der Waals surface area (Å²) in [5.41, 5.74) is 2.29. The van der Waals surface area contributed by atoms with Crippen LogP contribution in [0, 0.1) is 0 Å². The third kappa shape index (κ3) is 2.78. The zero-order chi connectivity index (χ0) is 13.9. The molecular weight excluding hydrogens is 246 g/mol. The van der Waals surface area contributed by atoms with E-state index in [0.717, 1.165) is 5.52 Å². The Morgan fingerprint density at radius 1 is 1.15 bits per heavy atom. The Labute approximate surface area is 121 Å². The van der Waals surface area contributed by atoms with Gasteiger partial charge in [0, 0.05) is 42.4 Å². The fraction of sp³-hybridized carbons (Fsp3) is 0.471. The first kappa shape index (κ1) is 13.4. The molecule has 3 nitrogen and oxygen atoms in total. The van der Waals surface area contributed by atoms with Crippen LogP contribution in [0.1, 0.15) is 26.7 Å². The molecule has 1 aromatic heterocycles. The van der Waals surface area contributed by atoms with Gasteiger partial charge in [-0.25, -0.2) is 0 Å². The van der Waals surface area contributed by atoms with Gasteiger partial charge in [0.25, 0.3) is 0 Å². The quantitative estimate of drug-likeness (QED) is 0.924. The van der Waals surface area contributed by atoms with Crippen molar-refractivity contribution >= 4 is 16.6 Å². The number of hydrogen-bond donors (Lipinski definition) is 1. The van der Waals surface area contributed by atoms with Crippen molar-refractivity contribution in [2.75, 3.05) is 18.4 Å². The number of piperidine rings is 1. The van der Waals surface area contributed by atoms with Crippen LogP contribution in [0.2, 0.25) is 0 Å². The summed E-state index contributed by atoms with van der Waals surface area (Å²) in [7, 11) is 0. The van der Waals surface area contributed by atoms with E-state index in [1.165, 1.54) is 37.0 Å². The molecule has 0 bridgehead atoms. The molecule has 1 saturated heterocycles. The summed E-state index contributed by atoms with van der Waals surface area (Å²) < 4.78 is 0. The van der Waals surface area contributed by atoms with Gasteiger partial charge >= 0.3 is 0 Å². The van der Waals surface area contributed by atoms with Gasteiger partial charge in [-0.1, -0.05) is 18.2 Å². The van der Waals surface area contributed by atoms with Crippen molar-refractivity contribution in [2.24, 2.45) is 0 Å². The summed E-state index contributed by atoms with van der Waals surface area (Å²) in [6.45, 7) is 6.95. The van der Waals surface area contributed by atoms with Crippen LogP contribution in [-0.2, 0) is 0 Å². The Morgan fingerprint density at radius 2 is 1.90 bits per heavy atom. The van der Waals surface area contributed by atoms with Crippen molar-refractivity contribution < 1.29 is 0 Å². The van der Waals surface area contributed by atoms with Gasteiger partial charge in [-0.2, -0.15) is 0 Å². The van der Waals surface area contributed by atoms with Crippen LogP contribution < -0.4 is 5.32 Å². The van der Waals surface area contributed by atoms with Crippen molar-refractivity contribution in [2.45, 2.75) is 38.8 Å². The lowest BCUT2D eigenvalue weighted by atomic mass is 10.0. The zero-order valence-corrected chi connectivity index (χ0v) is 12.3. The Kier molecular flexibility index (Phi) is 3.88. The molecule has 0 aliphatic carbocycles. The fourth-order valence-corrected chi connectivity index (χ4v) is 3.00. The molecule has 2 heterocycles. The van der Waals surface area contributed by atoms with E-state index < -0.39 is 0 Å². The van der Waals surface area contributed by atoms with E-state index in [4.69, 9.17) is 0 Å². The maximum absolute atomic E-state index is 4.42. The minimum absolute atomic E-state index is 0.579. The largest absolute Gasteiger partial charge is 0.382 e. The number of nitrogens with one attached hydrogen (secondary N) is 1. The molecule has 3 rings (SSSR count). The molecule has 0 radical (unpaired) electrons. The van der Waals surface area contributed by atoms with Crippen molar-refractivity contribution in [1.29, 1.82) is 0 Å². The molecule has 0 saturated carbocycles. The van der Waals surface area contributed by atoms with E-state index in [9.17, 15) is 0 Å². The second-order valence-electron chi connectivity index (χ2n) is 5.92. The lowest BCUT2D eigenvalue weighted by Gasteiger charge is -2.35. The van der Waals surface area contributed by atoms with Crippen molar-refractivity contribution in [1.82, 2.24) is 9.88 Å². The molecular formula is C17H23N3. The van der Waals surface area contributed by atoms with Crippen LogP contribution in [0.3, 0.4) is 0 Å². The molecule has 0 spiro atoms. The second kappa shape index (κ2) is 5.80. The molecule has 1 aliphatic heterocycles. The first-order chi connectivity index (χ1) is 9.74. The van der Waals surface area contributed by atoms with E-state index >= 15 is 0 Å². The molecule has 0 atom stereocenters. The molecule has 0 amide bonds. The number of aromatic nitrogens is 1. The van der Waals surface area contributed by atoms with Gasteiger partial charge in [0.05, 0.1) is 5.52 Å². The van der Waals surface area contributed by atoms with Crippen LogP contribution >= 0.6 is 0 Å². The standard InChI is InChI=1S/C17H23N3/c1-13(2)20-11-8-14(9-12-20)19-17-7-10-18-16-6-4-3-5-15(16)17/h3-7,10,13-14H,8-9,11-12H2,1-2H3,(H,18,19). The van der Waals surface area contributed by atoms with Crippen LogP contribution in [0.15, 0.2) is 36.5 Å². The summed E-state index contributed by atoms with van der Waals surface area (Å²) in [5, 5.41) is 4.94. The summed E-state index contributed by atoms with van der Waals surface area (Å²) in [6.07, 6.45) is 4.33. The van der Waals surface area contributed by atoms with Gasteiger partial charge in [-0.3, -0.25) is 4.98 Å². The van der Waals surface area contributed by atoms with Crippen molar-refractivity contribution in [3.05, 3.63) is 36.5 Å². The second-order valence-corrected chi connectivity index (χ2v) is 5.92. The molecule has 106 valence electrons.